The number of rotatable bonds is 4. The first kappa shape index (κ1) is 17.9. The molecule has 0 spiro atoms. The molecule has 1 saturated heterocycles. The van der Waals surface area contributed by atoms with Crippen LogP contribution in [0.4, 0.5) is 17.5 Å². The van der Waals surface area contributed by atoms with E-state index in [2.05, 4.69) is 30.1 Å². The average molecular weight is 374 g/mol. The molecule has 7 nitrogen and oxygen atoms in total. The molecule has 28 heavy (non-hydrogen) atoms. The van der Waals surface area contributed by atoms with Gasteiger partial charge in [-0.1, -0.05) is 23.8 Å². The third-order valence-corrected chi connectivity index (χ3v) is 4.77. The minimum absolute atomic E-state index is 0.189. The molecule has 0 saturated carbocycles. The third-order valence-electron chi connectivity index (χ3n) is 4.77. The second kappa shape index (κ2) is 8.04. The lowest BCUT2D eigenvalue weighted by Gasteiger charge is -2.35. The van der Waals surface area contributed by atoms with E-state index in [4.69, 9.17) is 0 Å². The molecule has 4 rings (SSSR count). The Hall–Kier alpha value is -3.48. The zero-order valence-electron chi connectivity index (χ0n) is 15.7. The second-order valence-corrected chi connectivity index (χ2v) is 6.74. The molecule has 0 radical (unpaired) electrons. The van der Waals surface area contributed by atoms with Crippen LogP contribution in [0.15, 0.2) is 61.1 Å². The van der Waals surface area contributed by atoms with Gasteiger partial charge < -0.3 is 15.1 Å². The van der Waals surface area contributed by atoms with Gasteiger partial charge in [0.25, 0.3) is 5.91 Å². The van der Waals surface area contributed by atoms with Crippen molar-refractivity contribution in [2.75, 3.05) is 41.3 Å². The molecule has 0 bridgehead atoms. The van der Waals surface area contributed by atoms with Crippen molar-refractivity contribution < 1.29 is 4.79 Å². The molecule has 142 valence electrons. The number of benzene rings is 1. The van der Waals surface area contributed by atoms with Gasteiger partial charge >= 0.3 is 0 Å². The molecule has 1 amide bonds. The number of carbonyl (C=O) groups is 1. The van der Waals surface area contributed by atoms with Crippen LogP contribution in [0.25, 0.3) is 0 Å². The lowest BCUT2D eigenvalue weighted by molar-refractivity contribution is 0.102. The van der Waals surface area contributed by atoms with Gasteiger partial charge in [-0.05, 0) is 31.2 Å². The fourth-order valence-corrected chi connectivity index (χ4v) is 3.15. The van der Waals surface area contributed by atoms with Crippen LogP contribution in [0.5, 0.6) is 0 Å². The first-order valence-corrected chi connectivity index (χ1v) is 9.30. The number of piperazine rings is 1. The number of aromatic nitrogens is 3. The molecule has 1 aliphatic rings. The van der Waals surface area contributed by atoms with Crippen LogP contribution >= 0.6 is 0 Å². The molecule has 0 aliphatic carbocycles. The van der Waals surface area contributed by atoms with E-state index in [-0.39, 0.29) is 5.91 Å². The normalized spacial score (nSPS) is 14.0. The molecule has 1 aliphatic heterocycles. The van der Waals surface area contributed by atoms with Crippen LogP contribution in [0, 0.1) is 6.92 Å². The second-order valence-electron chi connectivity index (χ2n) is 6.74. The molecule has 3 heterocycles. The van der Waals surface area contributed by atoms with Crippen molar-refractivity contribution in [2.24, 2.45) is 0 Å². The highest BCUT2D eigenvalue weighted by atomic mass is 16.1. The average Bonchev–Trinajstić information content (AvgIpc) is 2.75. The van der Waals surface area contributed by atoms with Gasteiger partial charge in [0.2, 0.25) is 0 Å². The summed E-state index contributed by atoms with van der Waals surface area (Å²) in [7, 11) is 0. The molecule has 2 aromatic heterocycles. The first-order valence-electron chi connectivity index (χ1n) is 9.30. The Kier molecular flexibility index (Phi) is 5.14. The first-order chi connectivity index (χ1) is 13.7. The molecular weight excluding hydrogens is 352 g/mol. The Labute approximate surface area is 164 Å². The van der Waals surface area contributed by atoms with E-state index < -0.39 is 0 Å². The van der Waals surface area contributed by atoms with Crippen LogP contribution < -0.4 is 15.1 Å². The Morgan fingerprint density at radius 3 is 2.18 bits per heavy atom. The SMILES string of the molecule is Cc1ccc(C(=O)Nc2cnc(N3CCN(c4ccccn4)CC3)cn2)cc1. The lowest BCUT2D eigenvalue weighted by Crippen LogP contribution is -2.47. The number of aryl methyl sites for hydroxylation is 1. The summed E-state index contributed by atoms with van der Waals surface area (Å²) in [6, 6.07) is 13.4. The minimum Gasteiger partial charge on any atom is -0.353 e. The van der Waals surface area contributed by atoms with E-state index in [1.54, 1.807) is 24.5 Å². The number of hydrogen-bond donors (Lipinski definition) is 1. The maximum absolute atomic E-state index is 12.3. The zero-order chi connectivity index (χ0) is 19.3. The Bertz CT molecular complexity index is 919. The minimum atomic E-state index is -0.189. The molecule has 0 unspecified atom stereocenters. The van der Waals surface area contributed by atoms with Crippen LogP contribution in [-0.4, -0.2) is 47.0 Å². The fraction of sp³-hybridized carbons (Fsp3) is 0.238. The lowest BCUT2D eigenvalue weighted by atomic mass is 10.1. The number of anilines is 3. The largest absolute Gasteiger partial charge is 0.353 e. The van der Waals surface area contributed by atoms with E-state index in [1.165, 1.54) is 0 Å². The predicted octanol–water partition coefficient (Wildman–Crippen LogP) is 2.76. The highest BCUT2D eigenvalue weighted by Crippen LogP contribution is 2.17. The number of pyridine rings is 1. The number of nitrogens with zero attached hydrogens (tertiary/aromatic N) is 5. The fourth-order valence-electron chi connectivity index (χ4n) is 3.15. The predicted molar refractivity (Wildman–Crippen MR) is 110 cm³/mol. The van der Waals surface area contributed by atoms with Crippen molar-refractivity contribution in [3.63, 3.8) is 0 Å². The number of hydrogen-bond acceptors (Lipinski definition) is 6. The topological polar surface area (TPSA) is 74.2 Å². The van der Waals surface area contributed by atoms with E-state index in [0.29, 0.717) is 11.4 Å². The van der Waals surface area contributed by atoms with Crippen molar-refractivity contribution in [3.8, 4) is 0 Å². The van der Waals surface area contributed by atoms with Crippen molar-refractivity contribution in [3.05, 3.63) is 72.2 Å². The molecule has 1 N–H and O–H groups in total. The molecule has 7 heteroatoms. The number of carbonyl (C=O) groups excluding carboxylic acids is 1. The summed E-state index contributed by atoms with van der Waals surface area (Å²) >= 11 is 0. The van der Waals surface area contributed by atoms with Crippen LogP contribution in [0.3, 0.4) is 0 Å². The number of nitrogens with one attached hydrogen (secondary N) is 1. The van der Waals surface area contributed by atoms with Crippen molar-refractivity contribution >= 4 is 23.4 Å². The van der Waals surface area contributed by atoms with Gasteiger partial charge in [-0.25, -0.2) is 15.0 Å². The van der Waals surface area contributed by atoms with Gasteiger partial charge in [-0.2, -0.15) is 0 Å². The quantitative estimate of drug-likeness (QED) is 0.757. The van der Waals surface area contributed by atoms with Gasteiger partial charge in [0, 0.05) is 37.9 Å². The summed E-state index contributed by atoms with van der Waals surface area (Å²) in [4.78, 5) is 30.0. The highest BCUT2D eigenvalue weighted by Gasteiger charge is 2.19. The molecule has 3 aromatic rings. The molecule has 1 fully saturated rings. The third kappa shape index (κ3) is 4.09. The Balaban J connectivity index is 1.35. The smallest absolute Gasteiger partial charge is 0.256 e. The van der Waals surface area contributed by atoms with E-state index in [9.17, 15) is 4.79 Å². The maximum Gasteiger partial charge on any atom is 0.256 e. The van der Waals surface area contributed by atoms with Gasteiger partial charge in [-0.3, -0.25) is 4.79 Å². The molecule has 0 atom stereocenters. The van der Waals surface area contributed by atoms with Crippen LogP contribution in [0.1, 0.15) is 15.9 Å². The summed E-state index contributed by atoms with van der Waals surface area (Å²) in [5.41, 5.74) is 1.71. The summed E-state index contributed by atoms with van der Waals surface area (Å²) in [5.74, 6) is 2.07. The summed E-state index contributed by atoms with van der Waals surface area (Å²) in [6.45, 7) is 5.44. The standard InChI is InChI=1S/C21H22N6O/c1-16-5-7-17(8-6-16)21(28)25-18-14-24-20(15-23-18)27-12-10-26(11-13-27)19-4-2-3-9-22-19/h2-9,14-15H,10-13H2,1H3,(H,23,25,28). The molecule has 1 aromatic carbocycles. The van der Waals surface area contributed by atoms with E-state index in [0.717, 1.165) is 43.4 Å². The summed E-state index contributed by atoms with van der Waals surface area (Å²) < 4.78 is 0. The van der Waals surface area contributed by atoms with Crippen molar-refractivity contribution in [1.82, 2.24) is 15.0 Å². The van der Waals surface area contributed by atoms with Crippen molar-refractivity contribution in [1.29, 1.82) is 0 Å². The zero-order valence-corrected chi connectivity index (χ0v) is 15.7. The van der Waals surface area contributed by atoms with Gasteiger partial charge in [0.1, 0.15) is 11.6 Å². The monoisotopic (exact) mass is 374 g/mol. The summed E-state index contributed by atoms with van der Waals surface area (Å²) in [5, 5.41) is 2.79. The maximum atomic E-state index is 12.3. The highest BCUT2D eigenvalue weighted by molar-refractivity contribution is 6.03. The van der Waals surface area contributed by atoms with Crippen molar-refractivity contribution in [2.45, 2.75) is 6.92 Å². The van der Waals surface area contributed by atoms with Gasteiger partial charge in [-0.15, -0.1) is 0 Å². The van der Waals surface area contributed by atoms with E-state index in [1.807, 2.05) is 43.5 Å². The molecular formula is C21H22N6O. The Morgan fingerprint density at radius 1 is 0.857 bits per heavy atom. The van der Waals surface area contributed by atoms with Crippen LogP contribution in [0.2, 0.25) is 0 Å². The van der Waals surface area contributed by atoms with Gasteiger partial charge in [0.15, 0.2) is 5.82 Å². The van der Waals surface area contributed by atoms with Gasteiger partial charge in [0.05, 0.1) is 12.4 Å². The van der Waals surface area contributed by atoms with Crippen LogP contribution in [-0.2, 0) is 0 Å². The summed E-state index contributed by atoms with van der Waals surface area (Å²) in [6.07, 6.45) is 5.13. The number of amides is 1. The van der Waals surface area contributed by atoms with E-state index >= 15 is 0 Å². The Morgan fingerprint density at radius 2 is 1.57 bits per heavy atom.